The molecule has 2 aromatic heterocycles. The fraction of sp³-hybridized carbons (Fsp3) is 0.476. The van der Waals surface area contributed by atoms with E-state index in [1.807, 2.05) is 32.8 Å². The Morgan fingerprint density at radius 2 is 1.04 bits per heavy atom. The first-order valence-corrected chi connectivity index (χ1v) is 17.9. The summed E-state index contributed by atoms with van der Waals surface area (Å²) in [6.07, 6.45) is 6.23. The molecule has 0 unspecified atom stereocenters. The molecule has 4 rings (SSSR count). The Labute approximate surface area is 295 Å². The second-order valence-corrected chi connectivity index (χ2v) is 13.6. The van der Waals surface area contributed by atoms with Gasteiger partial charge in [0.2, 0.25) is 11.8 Å². The zero-order valence-electron chi connectivity index (χ0n) is 32.0. The molecule has 0 spiro atoms. The summed E-state index contributed by atoms with van der Waals surface area (Å²) in [4.78, 5) is 16.7. The third-order valence-corrected chi connectivity index (χ3v) is 8.81. The first kappa shape index (κ1) is 37.7. The molecule has 2 aromatic carbocycles. The minimum absolute atomic E-state index is 0.532. The number of unbranched alkanes of at least 4 members (excludes halogenated alkanes) is 4. The quantitative estimate of drug-likeness (QED) is 0.0870. The molecule has 0 atom stereocenters. The molecule has 7 nitrogen and oxygen atoms in total. The Morgan fingerprint density at radius 1 is 0.551 bits per heavy atom. The number of rotatable bonds is 16. The second kappa shape index (κ2) is 17.0. The zero-order chi connectivity index (χ0) is 35.8. The molecular weight excluding hydrogens is 610 g/mol. The van der Waals surface area contributed by atoms with Gasteiger partial charge in [0, 0.05) is 11.3 Å². The normalized spacial score (nSPS) is 11.2. The first-order chi connectivity index (χ1) is 23.4. The standard InChI is InChI=1S/C42H57N3O4/c1-13-15-17-19-46-40-34(11)42(49-39-30(7)23-27(4)24-31(39)8)44-35(12)37(40)45(47-20-18-16-14-2)36-25-32(9)43-41(33(36)10)48-38-28(5)21-26(3)22-29(38)6/h21-25H,13-20H2,1-12H3. The highest BCUT2D eigenvalue weighted by atomic mass is 16.7. The maximum atomic E-state index is 6.72. The molecule has 0 N–H and O–H groups in total. The van der Waals surface area contributed by atoms with Crippen LogP contribution in [0.1, 0.15) is 108 Å². The van der Waals surface area contributed by atoms with Crippen LogP contribution in [-0.4, -0.2) is 23.2 Å². The molecule has 0 aliphatic carbocycles. The van der Waals surface area contributed by atoms with Crippen molar-refractivity contribution in [1.29, 1.82) is 0 Å². The number of benzene rings is 2. The topological polar surface area (TPSA) is 65.9 Å². The number of aromatic nitrogens is 2. The van der Waals surface area contributed by atoms with Gasteiger partial charge in [-0.15, -0.1) is 0 Å². The van der Waals surface area contributed by atoms with Crippen molar-refractivity contribution in [3.05, 3.63) is 86.2 Å². The summed E-state index contributed by atoms with van der Waals surface area (Å²) < 4.78 is 19.9. The Kier molecular flexibility index (Phi) is 13.1. The summed E-state index contributed by atoms with van der Waals surface area (Å²) in [6.45, 7) is 26.1. The zero-order valence-corrected chi connectivity index (χ0v) is 32.0. The number of aryl methyl sites for hydroxylation is 8. The molecule has 0 bridgehead atoms. The van der Waals surface area contributed by atoms with Gasteiger partial charge in [0.15, 0.2) is 5.75 Å². The molecule has 7 heteroatoms. The van der Waals surface area contributed by atoms with E-state index in [1.54, 1.807) is 0 Å². The van der Waals surface area contributed by atoms with Gasteiger partial charge in [-0.3, -0.25) is 4.84 Å². The third kappa shape index (κ3) is 9.13. The van der Waals surface area contributed by atoms with Gasteiger partial charge in [-0.05, 0) is 110 Å². The van der Waals surface area contributed by atoms with Crippen molar-refractivity contribution in [2.75, 3.05) is 18.3 Å². The van der Waals surface area contributed by atoms with E-state index in [-0.39, 0.29) is 0 Å². The number of pyridine rings is 2. The third-order valence-electron chi connectivity index (χ3n) is 8.81. The SMILES string of the molecule is CCCCCOc1c(C)c(Oc2c(C)cc(C)cc2C)nc(C)c1N(OCCCCC)c1cc(C)nc(Oc2c(C)cc(C)cc2C)c1C. The van der Waals surface area contributed by atoms with E-state index in [9.17, 15) is 0 Å². The summed E-state index contributed by atoms with van der Waals surface area (Å²) in [7, 11) is 0. The molecule has 0 fully saturated rings. The summed E-state index contributed by atoms with van der Waals surface area (Å²) in [5.74, 6) is 3.43. The van der Waals surface area contributed by atoms with Crippen LogP contribution in [0.25, 0.3) is 0 Å². The predicted octanol–water partition coefficient (Wildman–Crippen LogP) is 12.0. The maximum Gasteiger partial charge on any atom is 0.226 e. The van der Waals surface area contributed by atoms with Gasteiger partial charge in [-0.25, -0.2) is 15.0 Å². The predicted molar refractivity (Wildman–Crippen MR) is 202 cm³/mol. The lowest BCUT2D eigenvalue weighted by atomic mass is 10.1. The van der Waals surface area contributed by atoms with E-state index in [1.165, 1.54) is 11.1 Å². The minimum Gasteiger partial charge on any atom is -0.491 e. The Balaban J connectivity index is 1.89. The van der Waals surface area contributed by atoms with Gasteiger partial charge in [-0.1, -0.05) is 74.9 Å². The van der Waals surface area contributed by atoms with Gasteiger partial charge in [0.25, 0.3) is 0 Å². The van der Waals surface area contributed by atoms with E-state index in [0.29, 0.717) is 30.7 Å². The second-order valence-electron chi connectivity index (χ2n) is 13.6. The lowest BCUT2D eigenvalue weighted by Gasteiger charge is -2.30. The minimum atomic E-state index is 0.532. The van der Waals surface area contributed by atoms with Crippen LogP contribution in [0.2, 0.25) is 0 Å². The van der Waals surface area contributed by atoms with E-state index in [0.717, 1.165) is 106 Å². The van der Waals surface area contributed by atoms with Crippen molar-refractivity contribution in [3.8, 4) is 29.0 Å². The first-order valence-electron chi connectivity index (χ1n) is 17.9. The number of hydrogen-bond acceptors (Lipinski definition) is 7. The van der Waals surface area contributed by atoms with Gasteiger partial charge >= 0.3 is 0 Å². The highest BCUT2D eigenvalue weighted by molar-refractivity contribution is 5.75. The fourth-order valence-electron chi connectivity index (χ4n) is 6.38. The van der Waals surface area contributed by atoms with Crippen LogP contribution in [0.4, 0.5) is 11.4 Å². The molecular formula is C42H57N3O4. The van der Waals surface area contributed by atoms with Crippen molar-refractivity contribution in [2.45, 2.75) is 122 Å². The van der Waals surface area contributed by atoms with E-state index in [4.69, 9.17) is 29.0 Å². The van der Waals surface area contributed by atoms with Crippen LogP contribution >= 0.6 is 0 Å². The number of ether oxygens (including phenoxy) is 3. The van der Waals surface area contributed by atoms with Crippen molar-refractivity contribution in [2.24, 2.45) is 0 Å². The molecule has 0 amide bonds. The molecule has 2 heterocycles. The molecule has 0 aliphatic heterocycles. The van der Waals surface area contributed by atoms with Crippen LogP contribution < -0.4 is 19.3 Å². The van der Waals surface area contributed by atoms with Crippen LogP contribution in [-0.2, 0) is 4.84 Å². The van der Waals surface area contributed by atoms with Crippen LogP contribution in [0.5, 0.6) is 29.0 Å². The van der Waals surface area contributed by atoms with Crippen LogP contribution in [0.3, 0.4) is 0 Å². The fourth-order valence-corrected chi connectivity index (χ4v) is 6.38. The number of nitrogens with zero attached hydrogens (tertiary/aromatic N) is 3. The summed E-state index contributed by atoms with van der Waals surface area (Å²) in [6, 6.07) is 10.6. The largest absolute Gasteiger partial charge is 0.491 e. The van der Waals surface area contributed by atoms with Gasteiger partial charge in [0.1, 0.15) is 17.2 Å². The van der Waals surface area contributed by atoms with Crippen molar-refractivity contribution < 1.29 is 19.0 Å². The molecule has 0 aliphatic rings. The highest BCUT2D eigenvalue weighted by Crippen LogP contribution is 2.46. The summed E-state index contributed by atoms with van der Waals surface area (Å²) >= 11 is 0. The van der Waals surface area contributed by atoms with Crippen molar-refractivity contribution in [3.63, 3.8) is 0 Å². The lowest BCUT2D eigenvalue weighted by molar-refractivity contribution is 0.128. The van der Waals surface area contributed by atoms with E-state index in [2.05, 4.69) is 85.7 Å². The summed E-state index contributed by atoms with van der Waals surface area (Å²) in [5, 5.41) is 1.90. The smallest absolute Gasteiger partial charge is 0.226 e. The van der Waals surface area contributed by atoms with Crippen LogP contribution in [0, 0.1) is 69.2 Å². The van der Waals surface area contributed by atoms with E-state index < -0.39 is 0 Å². The van der Waals surface area contributed by atoms with Gasteiger partial charge in [-0.2, -0.15) is 0 Å². The molecule has 0 radical (unpaired) electrons. The molecule has 0 saturated heterocycles. The monoisotopic (exact) mass is 667 g/mol. The van der Waals surface area contributed by atoms with Crippen molar-refractivity contribution >= 4 is 11.4 Å². The lowest BCUT2D eigenvalue weighted by Crippen LogP contribution is -2.23. The molecule has 49 heavy (non-hydrogen) atoms. The summed E-state index contributed by atoms with van der Waals surface area (Å²) in [5.41, 5.74) is 11.5. The number of anilines is 2. The van der Waals surface area contributed by atoms with Crippen molar-refractivity contribution in [1.82, 2.24) is 9.97 Å². The molecule has 4 aromatic rings. The number of hydrogen-bond donors (Lipinski definition) is 0. The van der Waals surface area contributed by atoms with Gasteiger partial charge < -0.3 is 14.2 Å². The average molecular weight is 668 g/mol. The van der Waals surface area contributed by atoms with Gasteiger partial charge in [0.05, 0.1) is 30.2 Å². The Hall–Kier alpha value is -4.10. The highest BCUT2D eigenvalue weighted by Gasteiger charge is 2.28. The Bertz CT molecular complexity index is 1720. The molecule has 264 valence electrons. The Morgan fingerprint density at radius 3 is 1.55 bits per heavy atom. The van der Waals surface area contributed by atoms with E-state index >= 15 is 0 Å². The average Bonchev–Trinajstić information content (AvgIpc) is 3.03. The maximum absolute atomic E-state index is 6.72. The van der Waals surface area contributed by atoms with Crippen LogP contribution in [0.15, 0.2) is 30.3 Å². The molecule has 0 saturated carbocycles.